The van der Waals surface area contributed by atoms with Crippen molar-refractivity contribution in [2.45, 2.75) is 0 Å². The summed E-state index contributed by atoms with van der Waals surface area (Å²) >= 11 is 5.95. The van der Waals surface area contributed by atoms with Crippen LogP contribution in [0, 0.1) is 0 Å². The van der Waals surface area contributed by atoms with Crippen LogP contribution < -0.4 is 10.6 Å². The molecule has 0 spiro atoms. The molecule has 84 valence electrons. The Kier molecular flexibility index (Phi) is 2.75. The van der Waals surface area contributed by atoms with Crippen LogP contribution in [0.2, 0.25) is 5.02 Å². The highest BCUT2D eigenvalue weighted by Crippen LogP contribution is 2.22. The molecule has 0 atom stereocenters. The van der Waals surface area contributed by atoms with Gasteiger partial charge in [-0.1, -0.05) is 17.7 Å². The molecule has 1 heterocycles. The summed E-state index contributed by atoms with van der Waals surface area (Å²) in [4.78, 5) is 1.95. The average molecular weight is 237 g/mol. The monoisotopic (exact) mass is 236 g/mol. The Balaban J connectivity index is 2.55. The van der Waals surface area contributed by atoms with Crippen molar-refractivity contribution in [2.75, 3.05) is 24.7 Å². The fourth-order valence-corrected chi connectivity index (χ4v) is 1.69. The molecule has 0 amide bonds. The molecule has 0 unspecified atom stereocenters. The van der Waals surface area contributed by atoms with Gasteiger partial charge in [0, 0.05) is 25.2 Å². The van der Waals surface area contributed by atoms with E-state index in [1.54, 1.807) is 4.68 Å². The molecule has 0 aliphatic heterocycles. The van der Waals surface area contributed by atoms with Crippen LogP contribution >= 0.6 is 11.6 Å². The zero-order valence-corrected chi connectivity index (χ0v) is 9.94. The van der Waals surface area contributed by atoms with E-state index in [1.165, 1.54) is 0 Å². The molecule has 2 aromatic rings. The highest BCUT2D eigenvalue weighted by Gasteiger charge is 2.09. The maximum atomic E-state index is 5.95. The van der Waals surface area contributed by atoms with E-state index < -0.39 is 0 Å². The lowest BCUT2D eigenvalue weighted by Crippen LogP contribution is -2.14. The van der Waals surface area contributed by atoms with E-state index >= 15 is 0 Å². The number of hydrogen-bond donors (Lipinski definition) is 1. The number of benzene rings is 1. The second kappa shape index (κ2) is 4.06. The third-order valence-electron chi connectivity index (χ3n) is 2.22. The van der Waals surface area contributed by atoms with Gasteiger partial charge in [0.25, 0.3) is 0 Å². The van der Waals surface area contributed by atoms with E-state index in [4.69, 9.17) is 17.3 Å². The van der Waals surface area contributed by atoms with Gasteiger partial charge in [-0.15, -0.1) is 5.10 Å². The molecule has 2 N–H and O–H groups in total. The van der Waals surface area contributed by atoms with Crippen molar-refractivity contribution in [3.63, 3.8) is 0 Å². The van der Waals surface area contributed by atoms with Crippen LogP contribution in [0.4, 0.5) is 11.6 Å². The Morgan fingerprint density at radius 3 is 2.69 bits per heavy atom. The molecule has 5 heteroatoms. The lowest BCUT2D eigenvalue weighted by molar-refractivity contribution is 0.858. The summed E-state index contributed by atoms with van der Waals surface area (Å²) in [6.07, 6.45) is 0. The van der Waals surface area contributed by atoms with E-state index in [2.05, 4.69) is 5.10 Å². The second-order valence-electron chi connectivity index (χ2n) is 3.71. The maximum Gasteiger partial charge on any atom is 0.148 e. The Hall–Kier alpha value is -1.68. The number of aromatic nitrogens is 2. The Labute approximate surface area is 99.2 Å². The van der Waals surface area contributed by atoms with Crippen molar-refractivity contribution in [2.24, 2.45) is 0 Å². The highest BCUT2D eigenvalue weighted by molar-refractivity contribution is 6.30. The largest absolute Gasteiger partial charge is 0.382 e. The van der Waals surface area contributed by atoms with Crippen molar-refractivity contribution in [3.8, 4) is 5.69 Å². The smallest absolute Gasteiger partial charge is 0.148 e. The first kappa shape index (κ1) is 10.8. The van der Waals surface area contributed by atoms with Gasteiger partial charge in [-0.3, -0.25) is 0 Å². The van der Waals surface area contributed by atoms with Gasteiger partial charge >= 0.3 is 0 Å². The van der Waals surface area contributed by atoms with Gasteiger partial charge in [-0.05, 0) is 18.2 Å². The van der Waals surface area contributed by atoms with Crippen molar-refractivity contribution >= 4 is 23.2 Å². The minimum atomic E-state index is 0.490. The van der Waals surface area contributed by atoms with Crippen molar-refractivity contribution in [3.05, 3.63) is 35.4 Å². The Bertz CT molecular complexity index is 504. The number of rotatable bonds is 2. The van der Waals surface area contributed by atoms with E-state index in [-0.39, 0.29) is 0 Å². The highest BCUT2D eigenvalue weighted by atomic mass is 35.5. The zero-order valence-electron chi connectivity index (χ0n) is 9.18. The van der Waals surface area contributed by atoms with Crippen LogP contribution in [0.1, 0.15) is 0 Å². The predicted octanol–water partition coefficient (Wildman–Crippen LogP) is 2.17. The van der Waals surface area contributed by atoms with Gasteiger partial charge in [0.15, 0.2) is 0 Å². The topological polar surface area (TPSA) is 47.1 Å². The molecule has 0 saturated heterocycles. The lowest BCUT2D eigenvalue weighted by Gasteiger charge is -2.14. The molecule has 1 aromatic carbocycles. The molecule has 0 saturated carbocycles. The Morgan fingerprint density at radius 2 is 2.06 bits per heavy atom. The summed E-state index contributed by atoms with van der Waals surface area (Å²) in [7, 11) is 3.88. The molecule has 4 nitrogen and oxygen atoms in total. The van der Waals surface area contributed by atoms with Crippen LogP contribution in [-0.4, -0.2) is 23.9 Å². The molecule has 0 bridgehead atoms. The van der Waals surface area contributed by atoms with Crippen molar-refractivity contribution < 1.29 is 0 Å². The SMILES string of the molecule is CN(C)c1cc(N)nn1-c1cccc(Cl)c1. The number of halogens is 1. The third-order valence-corrected chi connectivity index (χ3v) is 2.46. The molecule has 0 aliphatic rings. The number of nitrogens with zero attached hydrogens (tertiary/aromatic N) is 3. The van der Waals surface area contributed by atoms with E-state index in [1.807, 2.05) is 49.3 Å². The normalized spacial score (nSPS) is 10.4. The van der Waals surface area contributed by atoms with Crippen molar-refractivity contribution in [1.82, 2.24) is 9.78 Å². The Morgan fingerprint density at radius 1 is 1.31 bits per heavy atom. The third kappa shape index (κ3) is 1.97. The molecular formula is C11H13ClN4. The van der Waals surface area contributed by atoms with Crippen LogP contribution in [0.5, 0.6) is 0 Å². The minimum absolute atomic E-state index is 0.490. The van der Waals surface area contributed by atoms with Gasteiger partial charge in [0.1, 0.15) is 11.6 Å². The lowest BCUT2D eigenvalue weighted by atomic mass is 10.3. The van der Waals surface area contributed by atoms with Gasteiger partial charge < -0.3 is 10.6 Å². The zero-order chi connectivity index (χ0) is 11.7. The van der Waals surface area contributed by atoms with E-state index in [9.17, 15) is 0 Å². The summed E-state index contributed by atoms with van der Waals surface area (Å²) in [5.74, 6) is 1.41. The summed E-state index contributed by atoms with van der Waals surface area (Å²) in [5.41, 5.74) is 6.60. The fourth-order valence-electron chi connectivity index (χ4n) is 1.51. The van der Waals surface area contributed by atoms with E-state index in [0.29, 0.717) is 10.8 Å². The summed E-state index contributed by atoms with van der Waals surface area (Å²) in [6, 6.07) is 9.31. The van der Waals surface area contributed by atoms with Crippen LogP contribution in [-0.2, 0) is 0 Å². The number of hydrogen-bond acceptors (Lipinski definition) is 3. The second-order valence-corrected chi connectivity index (χ2v) is 4.15. The molecule has 0 aliphatic carbocycles. The van der Waals surface area contributed by atoms with Gasteiger partial charge in [-0.2, -0.15) is 0 Å². The first-order valence-electron chi connectivity index (χ1n) is 4.87. The summed E-state index contributed by atoms with van der Waals surface area (Å²) in [6.45, 7) is 0. The summed E-state index contributed by atoms with van der Waals surface area (Å²) in [5, 5.41) is 4.91. The van der Waals surface area contributed by atoms with Gasteiger partial charge in [-0.25, -0.2) is 4.68 Å². The maximum absolute atomic E-state index is 5.95. The molecule has 16 heavy (non-hydrogen) atoms. The first-order valence-corrected chi connectivity index (χ1v) is 5.24. The van der Waals surface area contributed by atoms with Crippen LogP contribution in [0.3, 0.4) is 0 Å². The van der Waals surface area contributed by atoms with Crippen LogP contribution in [0.15, 0.2) is 30.3 Å². The predicted molar refractivity (Wildman–Crippen MR) is 67.3 cm³/mol. The number of anilines is 2. The first-order chi connectivity index (χ1) is 7.58. The number of nitrogen functional groups attached to an aromatic ring is 1. The molecule has 2 rings (SSSR count). The summed E-state index contributed by atoms with van der Waals surface area (Å²) < 4.78 is 1.77. The molecule has 0 radical (unpaired) electrons. The molecule has 0 fully saturated rings. The van der Waals surface area contributed by atoms with Crippen LogP contribution in [0.25, 0.3) is 5.69 Å². The van der Waals surface area contributed by atoms with Crippen molar-refractivity contribution in [1.29, 1.82) is 0 Å². The number of nitrogens with two attached hydrogens (primary N) is 1. The standard InChI is InChI=1S/C11H13ClN4/c1-15(2)11-7-10(13)14-16(11)9-5-3-4-8(12)6-9/h3-7H,1-2H3,(H2,13,14). The van der Waals surface area contributed by atoms with Gasteiger partial charge in [0.2, 0.25) is 0 Å². The average Bonchev–Trinajstić information content (AvgIpc) is 2.60. The van der Waals surface area contributed by atoms with Gasteiger partial charge in [0.05, 0.1) is 5.69 Å². The molecular weight excluding hydrogens is 224 g/mol. The molecule has 1 aromatic heterocycles. The van der Waals surface area contributed by atoms with E-state index in [0.717, 1.165) is 11.5 Å². The minimum Gasteiger partial charge on any atom is -0.382 e. The quantitative estimate of drug-likeness (QED) is 0.870. The fraction of sp³-hybridized carbons (Fsp3) is 0.182.